The average Bonchev–Trinajstić information content (AvgIpc) is 2.63. The molecule has 0 saturated heterocycles. The highest BCUT2D eigenvalue weighted by molar-refractivity contribution is 14.1. The maximum absolute atomic E-state index is 14.7. The molecule has 5 nitrogen and oxygen atoms in total. The first-order chi connectivity index (χ1) is 13.3. The zero-order valence-corrected chi connectivity index (χ0v) is 16.3. The van der Waals surface area contributed by atoms with E-state index in [0.717, 1.165) is 6.07 Å². The fourth-order valence-corrected chi connectivity index (χ4v) is 3.07. The van der Waals surface area contributed by atoms with Gasteiger partial charge >= 0.3 is 5.97 Å². The van der Waals surface area contributed by atoms with Crippen molar-refractivity contribution in [2.75, 3.05) is 11.1 Å². The number of carbonyl (C=O) groups is 1. The molecule has 144 valence electrons. The molecule has 1 aromatic heterocycles. The molecule has 1 heterocycles. The van der Waals surface area contributed by atoms with E-state index in [0.29, 0.717) is 9.26 Å². The van der Waals surface area contributed by atoms with Gasteiger partial charge in [-0.3, -0.25) is 0 Å². The Bertz CT molecular complexity index is 1080. The van der Waals surface area contributed by atoms with E-state index >= 15 is 0 Å². The van der Waals surface area contributed by atoms with Gasteiger partial charge in [0.2, 0.25) is 0 Å². The Morgan fingerprint density at radius 1 is 1.14 bits per heavy atom. The maximum atomic E-state index is 14.7. The number of nitrogen functional groups attached to an aromatic ring is 1. The number of hydrogen-bond donors (Lipinski definition) is 3. The molecule has 0 aliphatic rings. The predicted molar refractivity (Wildman–Crippen MR) is 107 cm³/mol. The number of anilines is 3. The zero-order valence-electron chi connectivity index (χ0n) is 14.1. The number of nitrogens with one attached hydrogen (secondary N) is 1. The molecule has 0 aliphatic carbocycles. The summed E-state index contributed by atoms with van der Waals surface area (Å²) in [4.78, 5) is 15.6. The molecule has 0 saturated carbocycles. The van der Waals surface area contributed by atoms with Gasteiger partial charge in [0.1, 0.15) is 11.6 Å². The summed E-state index contributed by atoms with van der Waals surface area (Å²) in [5.74, 6) is -4.69. The molecule has 0 radical (unpaired) electrons. The van der Waals surface area contributed by atoms with Crippen molar-refractivity contribution < 1.29 is 23.1 Å². The summed E-state index contributed by atoms with van der Waals surface area (Å²) in [6.07, 6.45) is -0.160. The standard InChI is InChI=1S/C19H13F3IN3O2/c20-13-8-10(23)4-5-14(13)26-18-12(19(27)28)7-9(16(21)17(18)22)6-11-2-1-3-15(24)25-11/h1-5,7-8,26H,6H2,(H2,24,25)(H,27,28). The number of aromatic nitrogens is 1. The van der Waals surface area contributed by atoms with Crippen LogP contribution in [-0.2, 0) is 6.42 Å². The molecule has 0 bridgehead atoms. The van der Waals surface area contributed by atoms with Crippen LogP contribution in [0.3, 0.4) is 0 Å². The molecule has 2 aromatic carbocycles. The van der Waals surface area contributed by atoms with Crippen LogP contribution in [0.25, 0.3) is 0 Å². The molecule has 0 fully saturated rings. The van der Waals surface area contributed by atoms with Gasteiger partial charge in [-0.2, -0.15) is 0 Å². The van der Waals surface area contributed by atoms with Crippen LogP contribution in [0.1, 0.15) is 21.6 Å². The predicted octanol–water partition coefficient (Wildman–Crippen LogP) is 4.72. The molecule has 0 spiro atoms. The molecule has 0 unspecified atom stereocenters. The summed E-state index contributed by atoms with van der Waals surface area (Å²) in [6, 6.07) is 9.72. The SMILES string of the molecule is Nc1cccc(Cc2cc(C(=O)O)c(Nc3ccc(I)cc3F)c(F)c2F)n1. The van der Waals surface area contributed by atoms with Crippen LogP contribution in [0.4, 0.5) is 30.4 Å². The van der Waals surface area contributed by atoms with Crippen molar-refractivity contribution in [1.29, 1.82) is 0 Å². The van der Waals surface area contributed by atoms with Gasteiger partial charge in [0, 0.05) is 15.7 Å². The fourth-order valence-electron chi connectivity index (χ4n) is 2.62. The highest BCUT2D eigenvalue weighted by atomic mass is 127. The summed E-state index contributed by atoms with van der Waals surface area (Å²) in [7, 11) is 0. The van der Waals surface area contributed by atoms with Crippen molar-refractivity contribution >= 4 is 45.8 Å². The van der Waals surface area contributed by atoms with Crippen LogP contribution in [-0.4, -0.2) is 16.1 Å². The number of rotatable bonds is 5. The Kier molecular flexibility index (Phi) is 5.73. The smallest absolute Gasteiger partial charge is 0.337 e. The van der Waals surface area contributed by atoms with Gasteiger partial charge in [-0.05, 0) is 64.6 Å². The Balaban J connectivity index is 2.06. The van der Waals surface area contributed by atoms with Gasteiger partial charge in [0.05, 0.1) is 16.9 Å². The summed E-state index contributed by atoms with van der Waals surface area (Å²) >= 11 is 1.89. The van der Waals surface area contributed by atoms with Crippen molar-refractivity contribution in [3.63, 3.8) is 0 Å². The van der Waals surface area contributed by atoms with Crippen molar-refractivity contribution in [2.24, 2.45) is 0 Å². The van der Waals surface area contributed by atoms with Gasteiger partial charge in [0.25, 0.3) is 0 Å². The van der Waals surface area contributed by atoms with E-state index in [4.69, 9.17) is 5.73 Å². The first-order valence-electron chi connectivity index (χ1n) is 7.94. The van der Waals surface area contributed by atoms with Gasteiger partial charge in [-0.1, -0.05) is 6.07 Å². The Labute approximate surface area is 171 Å². The minimum absolute atomic E-state index is 0.160. The van der Waals surface area contributed by atoms with Crippen LogP contribution in [0.2, 0.25) is 0 Å². The van der Waals surface area contributed by atoms with E-state index in [1.54, 1.807) is 18.2 Å². The van der Waals surface area contributed by atoms with Gasteiger partial charge in [-0.25, -0.2) is 22.9 Å². The lowest BCUT2D eigenvalue weighted by atomic mass is 10.0. The molecule has 0 aliphatic heterocycles. The Hall–Kier alpha value is -2.82. The zero-order chi connectivity index (χ0) is 20.4. The first-order valence-corrected chi connectivity index (χ1v) is 9.01. The maximum Gasteiger partial charge on any atom is 0.337 e. The van der Waals surface area contributed by atoms with Crippen LogP contribution >= 0.6 is 22.6 Å². The molecule has 28 heavy (non-hydrogen) atoms. The normalized spacial score (nSPS) is 10.7. The molecule has 4 N–H and O–H groups in total. The topological polar surface area (TPSA) is 88.2 Å². The van der Waals surface area contributed by atoms with Crippen molar-refractivity contribution in [2.45, 2.75) is 6.42 Å². The Morgan fingerprint density at radius 3 is 2.54 bits per heavy atom. The van der Waals surface area contributed by atoms with Crippen molar-refractivity contribution in [1.82, 2.24) is 4.98 Å². The number of hydrogen-bond acceptors (Lipinski definition) is 4. The number of nitrogens with two attached hydrogens (primary N) is 1. The molecule has 9 heteroatoms. The number of halogens is 4. The van der Waals surface area contributed by atoms with E-state index in [1.807, 2.05) is 22.6 Å². The summed E-state index contributed by atoms with van der Waals surface area (Å²) < 4.78 is 43.9. The number of carboxylic acids is 1. The van der Waals surface area contributed by atoms with E-state index < -0.39 is 34.7 Å². The summed E-state index contributed by atoms with van der Waals surface area (Å²) in [5.41, 5.74) is 4.35. The molecule has 0 atom stereocenters. The molecule has 3 aromatic rings. The second-order valence-corrected chi connectivity index (χ2v) is 7.12. The lowest BCUT2D eigenvalue weighted by Crippen LogP contribution is -2.11. The third-order valence-corrected chi connectivity index (χ3v) is 4.57. The van der Waals surface area contributed by atoms with Crippen LogP contribution < -0.4 is 11.1 Å². The minimum atomic E-state index is -1.49. The number of benzene rings is 2. The van der Waals surface area contributed by atoms with E-state index in [9.17, 15) is 23.1 Å². The monoisotopic (exact) mass is 499 g/mol. The van der Waals surface area contributed by atoms with Crippen molar-refractivity contribution in [3.05, 3.63) is 80.3 Å². The minimum Gasteiger partial charge on any atom is -0.478 e. The lowest BCUT2D eigenvalue weighted by Gasteiger charge is -2.15. The van der Waals surface area contributed by atoms with Gasteiger partial charge < -0.3 is 16.2 Å². The van der Waals surface area contributed by atoms with E-state index in [-0.39, 0.29) is 23.5 Å². The van der Waals surface area contributed by atoms with Gasteiger partial charge in [-0.15, -0.1) is 0 Å². The molecule has 3 rings (SSSR count). The van der Waals surface area contributed by atoms with Crippen LogP contribution in [0, 0.1) is 21.0 Å². The largest absolute Gasteiger partial charge is 0.478 e. The highest BCUT2D eigenvalue weighted by Crippen LogP contribution is 2.31. The van der Waals surface area contributed by atoms with Crippen molar-refractivity contribution in [3.8, 4) is 0 Å². The average molecular weight is 499 g/mol. The fraction of sp³-hybridized carbons (Fsp3) is 0.0526. The molecular weight excluding hydrogens is 486 g/mol. The van der Waals surface area contributed by atoms with Crippen LogP contribution in [0.5, 0.6) is 0 Å². The third kappa shape index (κ3) is 4.19. The quantitative estimate of drug-likeness (QED) is 0.443. The highest BCUT2D eigenvalue weighted by Gasteiger charge is 2.23. The lowest BCUT2D eigenvalue weighted by molar-refractivity contribution is 0.0697. The second-order valence-electron chi connectivity index (χ2n) is 5.87. The number of nitrogens with zero attached hydrogens (tertiary/aromatic N) is 1. The van der Waals surface area contributed by atoms with Crippen LogP contribution in [0.15, 0.2) is 42.5 Å². The first kappa shape index (κ1) is 19.9. The van der Waals surface area contributed by atoms with E-state index in [2.05, 4.69) is 10.3 Å². The third-order valence-electron chi connectivity index (χ3n) is 3.90. The number of pyridine rings is 1. The molecule has 0 amide bonds. The van der Waals surface area contributed by atoms with E-state index in [1.165, 1.54) is 18.2 Å². The summed E-state index contributed by atoms with van der Waals surface area (Å²) in [5, 5.41) is 11.8. The number of aromatic carboxylic acids is 1. The molecular formula is C19H13F3IN3O2. The number of carboxylic acid groups (broad SMARTS) is 1. The van der Waals surface area contributed by atoms with Gasteiger partial charge in [0.15, 0.2) is 11.6 Å². The summed E-state index contributed by atoms with van der Waals surface area (Å²) in [6.45, 7) is 0. The second kappa shape index (κ2) is 8.05. The Morgan fingerprint density at radius 2 is 1.89 bits per heavy atom.